The maximum absolute atomic E-state index is 13.7. The minimum Gasteiger partial charge on any atom is -0.465 e. The van der Waals surface area contributed by atoms with Crippen molar-refractivity contribution in [1.29, 1.82) is 0 Å². The highest BCUT2D eigenvalue weighted by atomic mass is 16.5. The Hall–Kier alpha value is -4.25. The van der Waals surface area contributed by atoms with E-state index >= 15 is 0 Å². The number of aliphatic imine (C=N–C) groups is 1. The third-order valence-corrected chi connectivity index (χ3v) is 6.00. The van der Waals surface area contributed by atoms with Crippen molar-refractivity contribution in [3.63, 3.8) is 0 Å². The van der Waals surface area contributed by atoms with Crippen LogP contribution in [0.5, 0.6) is 0 Å². The molecule has 0 N–H and O–H groups in total. The Morgan fingerprint density at radius 3 is 2.11 bits per heavy atom. The second-order valence-electron chi connectivity index (χ2n) is 8.47. The molecular formula is C31H29NO4. The number of benzene rings is 3. The Morgan fingerprint density at radius 2 is 1.47 bits per heavy atom. The number of hydrogen-bond donors (Lipinski definition) is 0. The molecule has 0 fully saturated rings. The first-order valence-corrected chi connectivity index (χ1v) is 12.0. The fourth-order valence-electron chi connectivity index (χ4n) is 4.28. The van der Waals surface area contributed by atoms with Gasteiger partial charge in [-0.2, -0.15) is 0 Å². The normalized spacial score (nSPS) is 17.6. The van der Waals surface area contributed by atoms with E-state index in [1.54, 1.807) is 13.8 Å². The van der Waals surface area contributed by atoms with Crippen molar-refractivity contribution >= 4 is 29.4 Å². The molecule has 4 rings (SSSR count). The average Bonchev–Trinajstić information content (AvgIpc) is 2.92. The zero-order chi connectivity index (χ0) is 25.3. The van der Waals surface area contributed by atoms with Crippen LogP contribution in [0.25, 0.3) is 11.8 Å². The number of rotatable bonds is 8. The van der Waals surface area contributed by atoms with Gasteiger partial charge in [-0.3, -0.25) is 9.79 Å². The third-order valence-electron chi connectivity index (χ3n) is 6.00. The Balaban J connectivity index is 1.81. The van der Waals surface area contributed by atoms with Crippen LogP contribution in [0, 0.1) is 11.8 Å². The van der Waals surface area contributed by atoms with Crippen LogP contribution in [0.1, 0.15) is 30.5 Å². The van der Waals surface area contributed by atoms with Gasteiger partial charge >= 0.3 is 11.9 Å². The summed E-state index contributed by atoms with van der Waals surface area (Å²) in [6.07, 6.45) is 3.81. The molecule has 0 saturated heterocycles. The van der Waals surface area contributed by atoms with E-state index in [1.165, 1.54) is 0 Å². The molecule has 0 spiro atoms. The second-order valence-corrected chi connectivity index (χ2v) is 8.47. The number of ether oxygens (including phenoxy) is 2. The first-order chi connectivity index (χ1) is 17.6. The first-order valence-electron chi connectivity index (χ1n) is 12.0. The van der Waals surface area contributed by atoms with E-state index in [4.69, 9.17) is 14.5 Å². The lowest BCUT2D eigenvalue weighted by molar-refractivity contribution is -0.146. The van der Waals surface area contributed by atoms with E-state index in [9.17, 15) is 9.59 Å². The number of carbonyl (C=O) groups excluding carboxylic acids is 2. The number of nitrogens with zero attached hydrogens (tertiary/aromatic N) is 1. The summed E-state index contributed by atoms with van der Waals surface area (Å²) in [6, 6.07) is 28.8. The summed E-state index contributed by atoms with van der Waals surface area (Å²) in [5.74, 6) is -2.27. The molecule has 0 radical (unpaired) electrons. The first kappa shape index (κ1) is 24.9. The molecule has 0 saturated carbocycles. The van der Waals surface area contributed by atoms with Gasteiger partial charge in [0.25, 0.3) is 0 Å². The predicted molar refractivity (Wildman–Crippen MR) is 142 cm³/mol. The molecule has 5 nitrogen and oxygen atoms in total. The molecule has 0 aliphatic carbocycles. The van der Waals surface area contributed by atoms with Crippen molar-refractivity contribution in [2.24, 2.45) is 16.8 Å². The lowest BCUT2D eigenvalue weighted by Crippen LogP contribution is -2.37. The van der Waals surface area contributed by atoms with Gasteiger partial charge in [0.1, 0.15) is 12.5 Å². The summed E-state index contributed by atoms with van der Waals surface area (Å²) in [5, 5.41) is 0. The van der Waals surface area contributed by atoms with Crippen molar-refractivity contribution in [3.05, 3.63) is 119 Å². The monoisotopic (exact) mass is 479 g/mol. The van der Waals surface area contributed by atoms with Gasteiger partial charge in [0.05, 0.1) is 17.9 Å². The summed E-state index contributed by atoms with van der Waals surface area (Å²) in [6.45, 7) is 3.93. The van der Waals surface area contributed by atoms with E-state index in [0.29, 0.717) is 17.0 Å². The molecule has 2 atom stereocenters. The molecule has 182 valence electrons. The molecular weight excluding hydrogens is 450 g/mol. The smallest absolute Gasteiger partial charge is 0.337 e. The molecule has 2 unspecified atom stereocenters. The van der Waals surface area contributed by atoms with Gasteiger partial charge in [0.2, 0.25) is 0 Å². The maximum atomic E-state index is 13.7. The van der Waals surface area contributed by atoms with E-state index < -0.39 is 23.8 Å². The predicted octanol–water partition coefficient (Wildman–Crippen LogP) is 6.12. The Bertz CT molecular complexity index is 1280. The molecule has 1 aliphatic rings. The highest BCUT2D eigenvalue weighted by Crippen LogP contribution is 2.38. The second kappa shape index (κ2) is 11.9. The van der Waals surface area contributed by atoms with Gasteiger partial charge < -0.3 is 9.47 Å². The van der Waals surface area contributed by atoms with Crippen molar-refractivity contribution in [2.45, 2.75) is 20.5 Å². The molecule has 1 aliphatic heterocycles. The minimum atomic E-state index is -0.739. The van der Waals surface area contributed by atoms with Crippen LogP contribution in [0.3, 0.4) is 0 Å². The molecule has 0 bridgehead atoms. The highest BCUT2D eigenvalue weighted by molar-refractivity contribution is 6.11. The van der Waals surface area contributed by atoms with Crippen LogP contribution in [-0.4, -0.2) is 24.3 Å². The Morgan fingerprint density at radius 1 is 0.861 bits per heavy atom. The van der Waals surface area contributed by atoms with Crippen molar-refractivity contribution in [2.75, 3.05) is 6.61 Å². The van der Waals surface area contributed by atoms with Crippen molar-refractivity contribution in [3.8, 4) is 0 Å². The van der Waals surface area contributed by atoms with Gasteiger partial charge in [-0.05, 0) is 25.0 Å². The summed E-state index contributed by atoms with van der Waals surface area (Å²) in [7, 11) is 0. The Labute approximate surface area is 211 Å². The quantitative estimate of drug-likeness (QED) is 0.365. The molecule has 3 aromatic carbocycles. The highest BCUT2D eigenvalue weighted by Gasteiger charge is 2.41. The summed E-state index contributed by atoms with van der Waals surface area (Å²) in [4.78, 5) is 31.5. The fraction of sp³-hybridized carbons (Fsp3) is 0.194. The summed E-state index contributed by atoms with van der Waals surface area (Å²) >= 11 is 0. The van der Waals surface area contributed by atoms with Crippen LogP contribution < -0.4 is 0 Å². The molecule has 0 amide bonds. The molecule has 0 aromatic heterocycles. The summed E-state index contributed by atoms with van der Waals surface area (Å²) < 4.78 is 11.2. The van der Waals surface area contributed by atoms with E-state index in [-0.39, 0.29) is 13.2 Å². The van der Waals surface area contributed by atoms with E-state index in [2.05, 4.69) is 0 Å². The fourth-order valence-corrected chi connectivity index (χ4v) is 4.28. The molecule has 3 aromatic rings. The SMILES string of the molecule is CCOC(=O)C1C(C)=NC(c2ccccc2)=C(C(=O)OCc2ccccc2)C1C=Cc1ccccc1. The Kier molecular flexibility index (Phi) is 8.24. The average molecular weight is 480 g/mol. The molecule has 5 heteroatoms. The van der Waals surface area contributed by atoms with E-state index in [0.717, 1.165) is 16.7 Å². The lowest BCUT2D eigenvalue weighted by Gasteiger charge is -2.30. The zero-order valence-corrected chi connectivity index (χ0v) is 20.5. The summed E-state index contributed by atoms with van der Waals surface area (Å²) in [5.41, 5.74) is 4.06. The lowest BCUT2D eigenvalue weighted by atomic mass is 9.78. The number of hydrogen-bond acceptors (Lipinski definition) is 5. The minimum absolute atomic E-state index is 0.118. The van der Waals surface area contributed by atoms with E-state index in [1.807, 2.05) is 103 Å². The number of allylic oxidation sites excluding steroid dienone is 1. The van der Waals surface area contributed by atoms with Gasteiger partial charge in [0.15, 0.2) is 0 Å². The standard InChI is InChI=1S/C31H29NO4/c1-3-35-30(33)27-22(2)32-29(25-17-11-6-12-18-25)28(26(27)20-19-23-13-7-4-8-14-23)31(34)36-21-24-15-9-5-10-16-24/h4-20,26-27H,3,21H2,1-2H3. The van der Waals surface area contributed by atoms with Gasteiger partial charge in [0, 0.05) is 17.2 Å². The molecule has 1 heterocycles. The third kappa shape index (κ3) is 5.87. The molecule has 36 heavy (non-hydrogen) atoms. The van der Waals surface area contributed by atoms with Crippen LogP contribution >= 0.6 is 0 Å². The number of carbonyl (C=O) groups is 2. The van der Waals surface area contributed by atoms with Crippen molar-refractivity contribution < 1.29 is 19.1 Å². The van der Waals surface area contributed by atoms with Crippen LogP contribution in [0.4, 0.5) is 0 Å². The van der Waals surface area contributed by atoms with Crippen molar-refractivity contribution in [1.82, 2.24) is 0 Å². The number of esters is 2. The van der Waals surface area contributed by atoms with Crippen LogP contribution in [0.15, 0.2) is 108 Å². The van der Waals surface area contributed by atoms with Gasteiger partial charge in [-0.1, -0.05) is 103 Å². The van der Waals surface area contributed by atoms with Crippen LogP contribution in [-0.2, 0) is 25.7 Å². The van der Waals surface area contributed by atoms with Gasteiger partial charge in [-0.25, -0.2) is 4.79 Å². The van der Waals surface area contributed by atoms with Gasteiger partial charge in [-0.15, -0.1) is 0 Å². The van der Waals surface area contributed by atoms with Crippen LogP contribution in [0.2, 0.25) is 0 Å². The largest absolute Gasteiger partial charge is 0.465 e. The zero-order valence-electron chi connectivity index (χ0n) is 20.5. The topological polar surface area (TPSA) is 65.0 Å². The maximum Gasteiger partial charge on any atom is 0.337 e.